The zero-order valence-corrected chi connectivity index (χ0v) is 9.98. The summed E-state index contributed by atoms with van der Waals surface area (Å²) in [7, 11) is 0. The van der Waals surface area contributed by atoms with Crippen molar-refractivity contribution < 1.29 is 10.2 Å². The van der Waals surface area contributed by atoms with Gasteiger partial charge in [-0.1, -0.05) is 25.5 Å². The summed E-state index contributed by atoms with van der Waals surface area (Å²) in [6, 6.07) is 7.09. The van der Waals surface area contributed by atoms with E-state index < -0.39 is 6.10 Å². The monoisotopic (exact) mass is 223 g/mol. The Balaban J connectivity index is 2.40. The standard InChI is InChI=1S/C13H21NO2/c1-3-4-10(2)14-9-13(16)11-5-7-12(15)8-6-11/h5-8,10,13-16H,3-4,9H2,1-2H3/t10-,13?/m1/s1. The molecule has 0 aliphatic heterocycles. The van der Waals surface area contributed by atoms with Crippen molar-refractivity contribution in [1.29, 1.82) is 0 Å². The van der Waals surface area contributed by atoms with Gasteiger partial charge in [0.1, 0.15) is 5.75 Å². The first-order chi connectivity index (χ1) is 7.63. The van der Waals surface area contributed by atoms with Crippen LogP contribution in [0.4, 0.5) is 0 Å². The molecule has 0 heterocycles. The molecule has 0 saturated carbocycles. The number of phenols is 1. The lowest BCUT2D eigenvalue weighted by Crippen LogP contribution is -2.30. The molecule has 0 bridgehead atoms. The highest BCUT2D eigenvalue weighted by molar-refractivity contribution is 5.27. The van der Waals surface area contributed by atoms with Crippen molar-refractivity contribution in [2.24, 2.45) is 0 Å². The molecule has 2 atom stereocenters. The van der Waals surface area contributed by atoms with Gasteiger partial charge in [-0.15, -0.1) is 0 Å². The first-order valence-corrected chi connectivity index (χ1v) is 5.84. The second-order valence-corrected chi connectivity index (χ2v) is 4.21. The summed E-state index contributed by atoms with van der Waals surface area (Å²) < 4.78 is 0. The molecule has 3 nitrogen and oxygen atoms in total. The van der Waals surface area contributed by atoms with Crippen molar-refractivity contribution >= 4 is 0 Å². The minimum atomic E-state index is -0.514. The number of rotatable bonds is 6. The molecule has 3 N–H and O–H groups in total. The van der Waals surface area contributed by atoms with Gasteiger partial charge in [0.05, 0.1) is 6.10 Å². The van der Waals surface area contributed by atoms with Gasteiger partial charge in [-0.2, -0.15) is 0 Å². The minimum absolute atomic E-state index is 0.225. The Morgan fingerprint density at radius 2 is 1.88 bits per heavy atom. The average Bonchev–Trinajstić information content (AvgIpc) is 2.27. The number of nitrogens with one attached hydrogen (secondary N) is 1. The molecule has 16 heavy (non-hydrogen) atoms. The van der Waals surface area contributed by atoms with Crippen LogP contribution in [0.2, 0.25) is 0 Å². The summed E-state index contributed by atoms with van der Waals surface area (Å²) in [4.78, 5) is 0. The lowest BCUT2D eigenvalue weighted by molar-refractivity contribution is 0.170. The van der Waals surface area contributed by atoms with E-state index in [0.29, 0.717) is 12.6 Å². The SMILES string of the molecule is CCC[C@@H](C)NCC(O)c1ccc(O)cc1. The van der Waals surface area contributed by atoms with E-state index in [1.165, 1.54) is 0 Å². The van der Waals surface area contributed by atoms with Crippen LogP contribution in [-0.2, 0) is 0 Å². The number of benzene rings is 1. The predicted molar refractivity (Wildman–Crippen MR) is 65.4 cm³/mol. The quantitative estimate of drug-likeness (QED) is 0.693. The molecule has 0 aliphatic carbocycles. The Hall–Kier alpha value is -1.06. The molecule has 1 aromatic carbocycles. The highest BCUT2D eigenvalue weighted by atomic mass is 16.3. The van der Waals surface area contributed by atoms with Crippen LogP contribution in [-0.4, -0.2) is 22.8 Å². The molecular weight excluding hydrogens is 202 g/mol. The fourth-order valence-electron chi connectivity index (χ4n) is 1.66. The molecule has 1 unspecified atom stereocenters. The van der Waals surface area contributed by atoms with Crippen molar-refractivity contribution in [1.82, 2.24) is 5.32 Å². The van der Waals surface area contributed by atoms with Crippen LogP contribution in [0.25, 0.3) is 0 Å². The number of hydrogen-bond acceptors (Lipinski definition) is 3. The zero-order chi connectivity index (χ0) is 12.0. The summed E-state index contributed by atoms with van der Waals surface area (Å²) in [5, 5.41) is 22.3. The minimum Gasteiger partial charge on any atom is -0.508 e. The van der Waals surface area contributed by atoms with E-state index >= 15 is 0 Å². The Morgan fingerprint density at radius 1 is 1.25 bits per heavy atom. The molecule has 0 fully saturated rings. The topological polar surface area (TPSA) is 52.5 Å². The number of phenolic OH excluding ortho intramolecular Hbond substituents is 1. The second kappa shape index (κ2) is 6.51. The molecule has 0 spiro atoms. The summed E-state index contributed by atoms with van der Waals surface area (Å²) >= 11 is 0. The molecule has 90 valence electrons. The molecule has 0 aromatic heterocycles. The molecule has 3 heteroatoms. The van der Waals surface area contributed by atoms with E-state index in [0.717, 1.165) is 18.4 Å². The average molecular weight is 223 g/mol. The number of aliphatic hydroxyl groups is 1. The van der Waals surface area contributed by atoms with Crippen molar-refractivity contribution in [2.45, 2.75) is 38.8 Å². The summed E-state index contributed by atoms with van der Waals surface area (Å²) in [6.45, 7) is 4.81. The number of aliphatic hydroxyl groups excluding tert-OH is 1. The van der Waals surface area contributed by atoms with Crippen molar-refractivity contribution in [3.63, 3.8) is 0 Å². The van der Waals surface area contributed by atoms with E-state index in [4.69, 9.17) is 5.11 Å². The van der Waals surface area contributed by atoms with Crippen LogP contribution in [0.15, 0.2) is 24.3 Å². The lowest BCUT2D eigenvalue weighted by atomic mass is 10.1. The molecule has 1 aromatic rings. The largest absolute Gasteiger partial charge is 0.508 e. The van der Waals surface area contributed by atoms with E-state index in [2.05, 4.69) is 19.2 Å². The van der Waals surface area contributed by atoms with Crippen LogP contribution < -0.4 is 5.32 Å². The fourth-order valence-corrected chi connectivity index (χ4v) is 1.66. The van der Waals surface area contributed by atoms with E-state index in [-0.39, 0.29) is 5.75 Å². The van der Waals surface area contributed by atoms with Gasteiger partial charge in [0.15, 0.2) is 0 Å². The Morgan fingerprint density at radius 3 is 2.44 bits per heavy atom. The van der Waals surface area contributed by atoms with E-state index in [1.807, 2.05) is 0 Å². The maximum atomic E-state index is 9.88. The van der Waals surface area contributed by atoms with Gasteiger partial charge in [-0.25, -0.2) is 0 Å². The number of aromatic hydroxyl groups is 1. The highest BCUT2D eigenvalue weighted by Gasteiger charge is 2.08. The molecular formula is C13H21NO2. The summed E-state index contributed by atoms with van der Waals surface area (Å²) in [6.07, 6.45) is 1.74. The molecule has 0 amide bonds. The van der Waals surface area contributed by atoms with Crippen molar-refractivity contribution in [2.75, 3.05) is 6.54 Å². The Kier molecular flexibility index (Phi) is 5.29. The zero-order valence-electron chi connectivity index (χ0n) is 9.98. The first kappa shape index (κ1) is 13.0. The van der Waals surface area contributed by atoms with Crippen LogP contribution in [0, 0.1) is 0 Å². The summed E-state index contributed by atoms with van der Waals surface area (Å²) in [5.74, 6) is 0.225. The highest BCUT2D eigenvalue weighted by Crippen LogP contribution is 2.16. The van der Waals surface area contributed by atoms with Crippen LogP contribution in [0.3, 0.4) is 0 Å². The summed E-state index contributed by atoms with van der Waals surface area (Å²) in [5.41, 5.74) is 0.828. The van der Waals surface area contributed by atoms with Gasteiger partial charge in [-0.3, -0.25) is 0 Å². The third-order valence-corrected chi connectivity index (χ3v) is 2.66. The molecule has 0 aliphatic rings. The fraction of sp³-hybridized carbons (Fsp3) is 0.538. The molecule has 0 radical (unpaired) electrons. The second-order valence-electron chi connectivity index (χ2n) is 4.21. The number of hydrogen-bond donors (Lipinski definition) is 3. The Labute approximate surface area is 97.1 Å². The van der Waals surface area contributed by atoms with Crippen molar-refractivity contribution in [3.8, 4) is 5.75 Å². The van der Waals surface area contributed by atoms with Crippen molar-refractivity contribution in [3.05, 3.63) is 29.8 Å². The molecule has 1 rings (SSSR count). The predicted octanol–water partition coefficient (Wildman–Crippen LogP) is 2.20. The Bertz CT molecular complexity index is 297. The van der Waals surface area contributed by atoms with Crippen LogP contribution >= 0.6 is 0 Å². The third kappa shape index (κ3) is 4.21. The van der Waals surface area contributed by atoms with Gasteiger partial charge < -0.3 is 15.5 Å². The van der Waals surface area contributed by atoms with Gasteiger partial charge in [0.25, 0.3) is 0 Å². The third-order valence-electron chi connectivity index (χ3n) is 2.66. The van der Waals surface area contributed by atoms with E-state index in [9.17, 15) is 5.11 Å². The normalized spacial score (nSPS) is 14.7. The van der Waals surface area contributed by atoms with Gasteiger partial charge >= 0.3 is 0 Å². The maximum absolute atomic E-state index is 9.88. The maximum Gasteiger partial charge on any atom is 0.115 e. The van der Waals surface area contributed by atoms with Crippen LogP contribution in [0.5, 0.6) is 5.75 Å². The first-order valence-electron chi connectivity index (χ1n) is 5.84. The van der Waals surface area contributed by atoms with Gasteiger partial charge in [0.2, 0.25) is 0 Å². The van der Waals surface area contributed by atoms with Gasteiger partial charge in [0, 0.05) is 12.6 Å². The van der Waals surface area contributed by atoms with Crippen LogP contribution in [0.1, 0.15) is 38.4 Å². The lowest BCUT2D eigenvalue weighted by Gasteiger charge is -2.16. The molecule has 0 saturated heterocycles. The van der Waals surface area contributed by atoms with E-state index in [1.54, 1.807) is 24.3 Å². The smallest absolute Gasteiger partial charge is 0.115 e. The van der Waals surface area contributed by atoms with Gasteiger partial charge in [-0.05, 0) is 31.0 Å².